The Morgan fingerprint density at radius 2 is 1.79 bits per heavy atom. The van der Waals surface area contributed by atoms with E-state index in [0.717, 1.165) is 27.8 Å². The van der Waals surface area contributed by atoms with Crippen LogP contribution in [0.15, 0.2) is 59.0 Å². The van der Waals surface area contributed by atoms with Crippen molar-refractivity contribution in [1.82, 2.24) is 10.3 Å². The third kappa shape index (κ3) is 4.80. The van der Waals surface area contributed by atoms with E-state index in [2.05, 4.69) is 15.6 Å². The van der Waals surface area contributed by atoms with Gasteiger partial charge in [-0.05, 0) is 85.7 Å². The number of nitrogens with zero attached hydrogens (tertiary/aromatic N) is 1. The maximum atomic E-state index is 12.6. The van der Waals surface area contributed by atoms with Crippen LogP contribution in [0.3, 0.4) is 0 Å². The fourth-order valence-corrected chi connectivity index (χ4v) is 3.54. The van der Waals surface area contributed by atoms with Gasteiger partial charge in [0, 0.05) is 11.1 Å². The Bertz CT molecular complexity index is 1320. The van der Waals surface area contributed by atoms with Crippen molar-refractivity contribution in [2.45, 2.75) is 13.8 Å². The van der Waals surface area contributed by atoms with Crippen LogP contribution < -0.4 is 20.1 Å². The minimum Gasteiger partial charge on any atom is -0.497 e. The predicted octanol–water partition coefficient (Wildman–Crippen LogP) is 5.26. The standard InChI is InChI=1S/C25H23N3O4S/c1-14-10-19-22(11-15(14)2)32-24(26-19)17-8-9-21(31-4)20(13-17)27-25(33)28-23(29)16-6-5-7-18(12-16)30-3/h5-13H,1-4H3,(H2,27,28,29,33). The Balaban J connectivity index is 1.57. The molecule has 8 heteroatoms. The van der Waals surface area contributed by atoms with E-state index < -0.39 is 0 Å². The van der Waals surface area contributed by atoms with E-state index in [1.807, 2.05) is 38.1 Å². The first kappa shape index (κ1) is 22.3. The second-order valence-electron chi connectivity index (χ2n) is 7.48. The molecule has 7 nitrogen and oxygen atoms in total. The molecular weight excluding hydrogens is 438 g/mol. The molecule has 1 amide bonds. The number of aryl methyl sites for hydroxylation is 2. The second kappa shape index (κ2) is 9.30. The average molecular weight is 462 g/mol. The highest BCUT2D eigenvalue weighted by Crippen LogP contribution is 2.32. The molecule has 1 heterocycles. The van der Waals surface area contributed by atoms with Crippen molar-refractivity contribution in [3.63, 3.8) is 0 Å². The third-order valence-corrected chi connectivity index (χ3v) is 5.46. The van der Waals surface area contributed by atoms with Crippen LogP contribution >= 0.6 is 12.2 Å². The van der Waals surface area contributed by atoms with E-state index in [4.69, 9.17) is 26.1 Å². The zero-order valence-electron chi connectivity index (χ0n) is 18.7. The molecule has 0 saturated carbocycles. The number of methoxy groups -OCH3 is 2. The molecular formula is C25H23N3O4S. The van der Waals surface area contributed by atoms with Crippen molar-refractivity contribution in [3.8, 4) is 23.0 Å². The number of thiocarbonyl (C=S) groups is 1. The first-order valence-electron chi connectivity index (χ1n) is 10.2. The van der Waals surface area contributed by atoms with Crippen LogP contribution in [-0.2, 0) is 0 Å². The zero-order valence-corrected chi connectivity index (χ0v) is 19.5. The smallest absolute Gasteiger partial charge is 0.257 e. The lowest BCUT2D eigenvalue weighted by Gasteiger charge is -2.14. The second-order valence-corrected chi connectivity index (χ2v) is 7.89. The van der Waals surface area contributed by atoms with Crippen LogP contribution in [0.2, 0.25) is 0 Å². The number of carbonyl (C=O) groups excluding carboxylic acids is 1. The van der Waals surface area contributed by atoms with Crippen LogP contribution in [0.5, 0.6) is 11.5 Å². The van der Waals surface area contributed by atoms with E-state index in [9.17, 15) is 4.79 Å². The fraction of sp³-hybridized carbons (Fsp3) is 0.160. The molecule has 4 aromatic rings. The summed E-state index contributed by atoms with van der Waals surface area (Å²) in [5.41, 5.74) is 5.54. The molecule has 2 N–H and O–H groups in total. The topological polar surface area (TPSA) is 85.6 Å². The lowest BCUT2D eigenvalue weighted by Crippen LogP contribution is -2.34. The number of carbonyl (C=O) groups is 1. The minimum absolute atomic E-state index is 0.127. The van der Waals surface area contributed by atoms with Gasteiger partial charge in [0.15, 0.2) is 10.7 Å². The molecule has 168 valence electrons. The normalized spacial score (nSPS) is 10.7. The van der Waals surface area contributed by atoms with Gasteiger partial charge in [0.05, 0.1) is 19.9 Å². The van der Waals surface area contributed by atoms with Gasteiger partial charge in [-0.25, -0.2) is 4.98 Å². The number of hydrogen-bond acceptors (Lipinski definition) is 6. The van der Waals surface area contributed by atoms with Gasteiger partial charge >= 0.3 is 0 Å². The number of benzene rings is 3. The Kier molecular flexibility index (Phi) is 6.28. The molecule has 33 heavy (non-hydrogen) atoms. The minimum atomic E-state index is -0.355. The number of amides is 1. The molecule has 0 aliphatic rings. The first-order valence-corrected chi connectivity index (χ1v) is 10.6. The van der Waals surface area contributed by atoms with Gasteiger partial charge in [0.25, 0.3) is 5.91 Å². The predicted molar refractivity (Wildman–Crippen MR) is 132 cm³/mol. The van der Waals surface area contributed by atoms with Crippen molar-refractivity contribution >= 4 is 40.0 Å². The molecule has 0 radical (unpaired) electrons. The molecule has 0 aliphatic heterocycles. The van der Waals surface area contributed by atoms with E-state index in [0.29, 0.717) is 28.6 Å². The molecule has 0 fully saturated rings. The molecule has 0 atom stereocenters. The molecule has 0 unspecified atom stereocenters. The lowest BCUT2D eigenvalue weighted by molar-refractivity contribution is 0.0977. The van der Waals surface area contributed by atoms with E-state index in [-0.39, 0.29) is 11.0 Å². The monoisotopic (exact) mass is 461 g/mol. The summed E-state index contributed by atoms with van der Waals surface area (Å²) in [6.07, 6.45) is 0. The molecule has 1 aromatic heterocycles. The molecule has 0 spiro atoms. The lowest BCUT2D eigenvalue weighted by atomic mass is 10.1. The summed E-state index contributed by atoms with van der Waals surface area (Å²) >= 11 is 5.35. The van der Waals surface area contributed by atoms with Crippen molar-refractivity contribution in [2.75, 3.05) is 19.5 Å². The van der Waals surface area contributed by atoms with Crippen LogP contribution in [0.4, 0.5) is 5.69 Å². The number of anilines is 1. The van der Waals surface area contributed by atoms with Gasteiger partial charge in [-0.15, -0.1) is 0 Å². The molecule has 0 bridgehead atoms. The van der Waals surface area contributed by atoms with Crippen molar-refractivity contribution in [3.05, 3.63) is 71.3 Å². The van der Waals surface area contributed by atoms with Gasteiger partial charge in [-0.3, -0.25) is 10.1 Å². The Morgan fingerprint density at radius 3 is 2.55 bits per heavy atom. The van der Waals surface area contributed by atoms with Gasteiger partial charge in [0.2, 0.25) is 5.89 Å². The summed E-state index contributed by atoms with van der Waals surface area (Å²) in [4.78, 5) is 17.2. The number of hydrogen-bond donors (Lipinski definition) is 2. The van der Waals surface area contributed by atoms with Crippen molar-refractivity contribution in [2.24, 2.45) is 0 Å². The quantitative estimate of drug-likeness (QED) is 0.392. The van der Waals surface area contributed by atoms with Crippen LogP contribution in [0.1, 0.15) is 21.5 Å². The summed E-state index contributed by atoms with van der Waals surface area (Å²) in [6.45, 7) is 4.08. The number of nitrogens with one attached hydrogen (secondary N) is 2. The van der Waals surface area contributed by atoms with Gasteiger partial charge in [-0.1, -0.05) is 6.07 Å². The molecule has 0 saturated heterocycles. The number of rotatable bonds is 5. The third-order valence-electron chi connectivity index (χ3n) is 5.26. The number of ether oxygens (including phenoxy) is 2. The fourth-order valence-electron chi connectivity index (χ4n) is 3.34. The summed E-state index contributed by atoms with van der Waals surface area (Å²) in [7, 11) is 3.10. The number of fused-ring (bicyclic) bond motifs is 1. The number of oxazole rings is 1. The summed E-state index contributed by atoms with van der Waals surface area (Å²) in [5.74, 6) is 1.26. The highest BCUT2D eigenvalue weighted by Gasteiger charge is 2.15. The van der Waals surface area contributed by atoms with Crippen LogP contribution in [0.25, 0.3) is 22.6 Å². The number of aromatic nitrogens is 1. The maximum absolute atomic E-state index is 12.6. The molecule has 3 aromatic carbocycles. The largest absolute Gasteiger partial charge is 0.497 e. The maximum Gasteiger partial charge on any atom is 0.257 e. The molecule has 0 aliphatic carbocycles. The summed E-state index contributed by atoms with van der Waals surface area (Å²) < 4.78 is 16.6. The first-order chi connectivity index (χ1) is 15.9. The van der Waals surface area contributed by atoms with E-state index in [1.165, 1.54) is 0 Å². The van der Waals surface area contributed by atoms with Crippen molar-refractivity contribution in [1.29, 1.82) is 0 Å². The van der Waals surface area contributed by atoms with E-state index in [1.54, 1.807) is 44.6 Å². The molecule has 4 rings (SSSR count). The van der Waals surface area contributed by atoms with Gasteiger partial charge < -0.3 is 19.2 Å². The van der Waals surface area contributed by atoms with Crippen LogP contribution in [0, 0.1) is 13.8 Å². The average Bonchev–Trinajstić information content (AvgIpc) is 3.21. The summed E-state index contributed by atoms with van der Waals surface area (Å²) in [5, 5.41) is 5.83. The highest BCUT2D eigenvalue weighted by molar-refractivity contribution is 7.80. The zero-order chi connectivity index (χ0) is 23.5. The van der Waals surface area contributed by atoms with E-state index >= 15 is 0 Å². The SMILES string of the molecule is COc1cccc(C(=O)NC(=S)Nc2cc(-c3nc4cc(C)c(C)cc4o3)ccc2OC)c1. The van der Waals surface area contributed by atoms with Gasteiger partial charge in [-0.2, -0.15) is 0 Å². The van der Waals surface area contributed by atoms with Gasteiger partial charge in [0.1, 0.15) is 17.0 Å². The van der Waals surface area contributed by atoms with Crippen molar-refractivity contribution < 1.29 is 18.7 Å². The Hall–Kier alpha value is -3.91. The summed E-state index contributed by atoms with van der Waals surface area (Å²) in [6, 6.07) is 16.2. The van der Waals surface area contributed by atoms with Crippen LogP contribution in [-0.4, -0.2) is 30.2 Å². The Labute approximate surface area is 196 Å². The highest BCUT2D eigenvalue weighted by atomic mass is 32.1. The Morgan fingerprint density at radius 1 is 1.00 bits per heavy atom.